The van der Waals surface area contributed by atoms with Crippen LogP contribution in [0.4, 0.5) is 5.69 Å². The van der Waals surface area contributed by atoms with Gasteiger partial charge in [0.05, 0.1) is 23.3 Å². The normalized spacial score (nSPS) is 9.42. The zero-order valence-electron chi connectivity index (χ0n) is 10.0. The maximum Gasteiger partial charge on any atom is 0.0995 e. The van der Waals surface area contributed by atoms with Crippen LogP contribution in [0.5, 0.6) is 0 Å². The van der Waals surface area contributed by atoms with E-state index in [9.17, 15) is 0 Å². The van der Waals surface area contributed by atoms with Gasteiger partial charge in [0, 0.05) is 16.7 Å². The minimum absolute atomic E-state index is 0.564. The fraction of sp³-hybridized carbons (Fsp3) is 0.0667. The number of hydrogen-bond acceptors (Lipinski definition) is 3. The van der Waals surface area contributed by atoms with Crippen molar-refractivity contribution in [2.45, 2.75) is 6.54 Å². The molecule has 0 aliphatic rings. The van der Waals surface area contributed by atoms with E-state index in [0.717, 1.165) is 15.7 Å². The topological polar surface area (TPSA) is 59.6 Å². The van der Waals surface area contributed by atoms with E-state index in [1.54, 1.807) is 18.2 Å². The summed E-state index contributed by atoms with van der Waals surface area (Å²) in [6.07, 6.45) is 0. The van der Waals surface area contributed by atoms with E-state index in [-0.39, 0.29) is 0 Å². The van der Waals surface area contributed by atoms with Gasteiger partial charge in [-0.3, -0.25) is 0 Å². The SMILES string of the molecule is N#Cc1ccc(NCc2ccccc2C#N)c(Br)c1. The van der Waals surface area contributed by atoms with Gasteiger partial charge in [0.15, 0.2) is 0 Å². The third kappa shape index (κ3) is 3.13. The second kappa shape index (κ2) is 6.04. The number of halogens is 1. The van der Waals surface area contributed by atoms with E-state index in [1.165, 1.54) is 0 Å². The first-order valence-electron chi connectivity index (χ1n) is 5.66. The highest BCUT2D eigenvalue weighted by atomic mass is 79.9. The lowest BCUT2D eigenvalue weighted by atomic mass is 10.1. The summed E-state index contributed by atoms with van der Waals surface area (Å²) in [6, 6.07) is 17.1. The highest BCUT2D eigenvalue weighted by molar-refractivity contribution is 9.10. The predicted octanol–water partition coefficient (Wildman–Crippen LogP) is 3.80. The van der Waals surface area contributed by atoms with E-state index in [2.05, 4.69) is 33.4 Å². The third-order valence-corrected chi connectivity index (χ3v) is 3.36. The lowest BCUT2D eigenvalue weighted by Crippen LogP contribution is -2.02. The van der Waals surface area contributed by atoms with Crippen LogP contribution >= 0.6 is 15.9 Å². The number of nitrogens with one attached hydrogen (secondary N) is 1. The summed E-state index contributed by atoms with van der Waals surface area (Å²) >= 11 is 3.42. The molecule has 0 aliphatic carbocycles. The molecular weight excluding hydrogens is 302 g/mol. The fourth-order valence-corrected chi connectivity index (χ4v) is 2.22. The average molecular weight is 312 g/mol. The summed E-state index contributed by atoms with van der Waals surface area (Å²) in [4.78, 5) is 0. The molecule has 0 aromatic heterocycles. The summed E-state index contributed by atoms with van der Waals surface area (Å²) in [6.45, 7) is 0.564. The molecule has 2 aromatic carbocycles. The van der Waals surface area contributed by atoms with E-state index < -0.39 is 0 Å². The highest BCUT2D eigenvalue weighted by Gasteiger charge is 2.03. The van der Waals surface area contributed by atoms with Gasteiger partial charge in [-0.2, -0.15) is 10.5 Å². The molecule has 4 heteroatoms. The molecule has 0 amide bonds. The Morgan fingerprint density at radius 2 is 1.84 bits per heavy atom. The van der Waals surface area contributed by atoms with Gasteiger partial charge in [-0.25, -0.2) is 0 Å². The van der Waals surface area contributed by atoms with Gasteiger partial charge in [0.25, 0.3) is 0 Å². The third-order valence-electron chi connectivity index (χ3n) is 2.71. The predicted molar refractivity (Wildman–Crippen MR) is 77.3 cm³/mol. The Balaban J connectivity index is 2.16. The Kier molecular flexibility index (Phi) is 4.18. The molecule has 19 heavy (non-hydrogen) atoms. The maximum absolute atomic E-state index is 9.02. The molecule has 0 saturated carbocycles. The van der Waals surface area contributed by atoms with Crippen LogP contribution in [-0.2, 0) is 6.54 Å². The molecule has 0 bridgehead atoms. The molecule has 92 valence electrons. The Hall–Kier alpha value is -2.30. The van der Waals surface area contributed by atoms with Gasteiger partial charge in [-0.1, -0.05) is 18.2 Å². The summed E-state index contributed by atoms with van der Waals surface area (Å²) in [5.74, 6) is 0. The lowest BCUT2D eigenvalue weighted by molar-refractivity contribution is 1.13. The van der Waals surface area contributed by atoms with E-state index in [4.69, 9.17) is 10.5 Å². The molecule has 0 atom stereocenters. The van der Waals surface area contributed by atoms with Gasteiger partial charge >= 0.3 is 0 Å². The van der Waals surface area contributed by atoms with Gasteiger partial charge in [-0.15, -0.1) is 0 Å². The van der Waals surface area contributed by atoms with Gasteiger partial charge < -0.3 is 5.32 Å². The van der Waals surface area contributed by atoms with Crippen LogP contribution in [0, 0.1) is 22.7 Å². The van der Waals surface area contributed by atoms with Gasteiger partial charge in [0.1, 0.15) is 0 Å². The van der Waals surface area contributed by atoms with Crippen molar-refractivity contribution in [3.63, 3.8) is 0 Å². The van der Waals surface area contributed by atoms with Gasteiger partial charge in [-0.05, 0) is 45.8 Å². The Bertz CT molecular complexity index is 681. The molecule has 2 rings (SSSR count). The molecule has 2 aromatic rings. The highest BCUT2D eigenvalue weighted by Crippen LogP contribution is 2.24. The van der Waals surface area contributed by atoms with Crippen molar-refractivity contribution < 1.29 is 0 Å². The number of anilines is 1. The second-order valence-electron chi connectivity index (χ2n) is 3.93. The number of nitrogens with zero attached hydrogens (tertiary/aromatic N) is 2. The van der Waals surface area contributed by atoms with Gasteiger partial charge in [0.2, 0.25) is 0 Å². The first-order valence-corrected chi connectivity index (χ1v) is 6.45. The molecular formula is C15H10BrN3. The van der Waals surface area contributed by atoms with Crippen LogP contribution in [-0.4, -0.2) is 0 Å². The smallest absolute Gasteiger partial charge is 0.0995 e. The lowest BCUT2D eigenvalue weighted by Gasteiger charge is -2.09. The van der Waals surface area contributed by atoms with Crippen LogP contribution in [0.25, 0.3) is 0 Å². The van der Waals surface area contributed by atoms with E-state index in [0.29, 0.717) is 17.7 Å². The quantitative estimate of drug-likeness (QED) is 0.937. The van der Waals surface area contributed by atoms with Crippen LogP contribution in [0.15, 0.2) is 46.9 Å². The minimum Gasteiger partial charge on any atom is -0.380 e. The zero-order chi connectivity index (χ0) is 13.7. The van der Waals surface area contributed by atoms with E-state index in [1.807, 2.05) is 24.3 Å². The molecule has 0 spiro atoms. The number of rotatable bonds is 3. The van der Waals surface area contributed by atoms with Crippen molar-refractivity contribution in [2.75, 3.05) is 5.32 Å². The summed E-state index contributed by atoms with van der Waals surface area (Å²) in [7, 11) is 0. The van der Waals surface area contributed by atoms with Crippen molar-refractivity contribution in [2.24, 2.45) is 0 Å². The Labute approximate surface area is 120 Å². The summed E-state index contributed by atoms with van der Waals surface area (Å²) in [5.41, 5.74) is 3.11. The number of nitriles is 2. The first-order chi connectivity index (χ1) is 9.24. The van der Waals surface area contributed by atoms with Crippen LogP contribution in [0.3, 0.4) is 0 Å². The monoisotopic (exact) mass is 311 g/mol. The van der Waals surface area contributed by atoms with Crippen molar-refractivity contribution >= 4 is 21.6 Å². The molecule has 0 heterocycles. The van der Waals surface area contributed by atoms with Crippen molar-refractivity contribution in [1.82, 2.24) is 0 Å². The maximum atomic E-state index is 9.02. The number of hydrogen-bond donors (Lipinski definition) is 1. The van der Waals surface area contributed by atoms with Crippen molar-refractivity contribution in [3.05, 3.63) is 63.6 Å². The van der Waals surface area contributed by atoms with Crippen LogP contribution in [0.1, 0.15) is 16.7 Å². The Morgan fingerprint density at radius 1 is 1.05 bits per heavy atom. The molecule has 0 aliphatic heterocycles. The molecule has 0 fully saturated rings. The summed E-state index contributed by atoms with van der Waals surface area (Å²) < 4.78 is 0.834. The van der Waals surface area contributed by atoms with Crippen molar-refractivity contribution in [1.29, 1.82) is 10.5 Å². The largest absolute Gasteiger partial charge is 0.380 e. The minimum atomic E-state index is 0.564. The fourth-order valence-electron chi connectivity index (χ4n) is 1.70. The van der Waals surface area contributed by atoms with Crippen molar-refractivity contribution in [3.8, 4) is 12.1 Å². The molecule has 3 nitrogen and oxygen atoms in total. The van der Waals surface area contributed by atoms with Crippen LogP contribution in [0.2, 0.25) is 0 Å². The average Bonchev–Trinajstić information content (AvgIpc) is 2.46. The number of benzene rings is 2. The molecule has 1 N–H and O–H groups in total. The molecule has 0 unspecified atom stereocenters. The summed E-state index contributed by atoms with van der Waals surface area (Å²) in [5, 5.41) is 21.1. The van der Waals surface area contributed by atoms with E-state index >= 15 is 0 Å². The second-order valence-corrected chi connectivity index (χ2v) is 4.78. The van der Waals surface area contributed by atoms with Crippen LogP contribution < -0.4 is 5.32 Å². The zero-order valence-corrected chi connectivity index (χ0v) is 11.6. The Morgan fingerprint density at radius 3 is 2.53 bits per heavy atom. The molecule has 0 radical (unpaired) electrons. The molecule has 0 saturated heterocycles. The standard InChI is InChI=1S/C15H10BrN3/c16-14-7-11(8-17)5-6-15(14)19-10-13-4-2-1-3-12(13)9-18/h1-7,19H,10H2. The first kappa shape index (κ1) is 13.1.